The lowest BCUT2D eigenvalue weighted by atomic mass is 9.90. The van der Waals surface area contributed by atoms with E-state index in [1.807, 2.05) is 12.1 Å². The summed E-state index contributed by atoms with van der Waals surface area (Å²) in [5.74, 6) is -0.175. The lowest BCUT2D eigenvalue weighted by Crippen LogP contribution is -2.59. The van der Waals surface area contributed by atoms with Gasteiger partial charge >= 0.3 is 0 Å². The van der Waals surface area contributed by atoms with Crippen LogP contribution in [0.1, 0.15) is 26.7 Å². The van der Waals surface area contributed by atoms with Crippen LogP contribution in [0.4, 0.5) is 10.1 Å². The monoisotopic (exact) mass is 279 g/mol. The molecule has 1 heterocycles. The predicted molar refractivity (Wildman–Crippen MR) is 82.6 cm³/mol. The minimum absolute atomic E-state index is 0.148. The maximum absolute atomic E-state index is 13.0. The van der Waals surface area contributed by atoms with E-state index in [9.17, 15) is 4.39 Å². The van der Waals surface area contributed by atoms with Gasteiger partial charge in [-0.05, 0) is 37.1 Å². The fourth-order valence-electron chi connectivity index (χ4n) is 3.21. The van der Waals surface area contributed by atoms with Crippen LogP contribution >= 0.6 is 0 Å². The minimum Gasteiger partial charge on any atom is -0.369 e. The van der Waals surface area contributed by atoms with Crippen LogP contribution in [0, 0.1) is 5.82 Å². The SMILES string of the molecule is CCC(CC)(CN)N1CCN(c2ccc(F)cc2)CC1. The molecule has 0 unspecified atom stereocenters. The Morgan fingerprint density at radius 1 is 1.05 bits per heavy atom. The Morgan fingerprint density at radius 3 is 2.05 bits per heavy atom. The van der Waals surface area contributed by atoms with Gasteiger partial charge < -0.3 is 10.6 Å². The minimum atomic E-state index is -0.175. The fraction of sp³-hybridized carbons (Fsp3) is 0.625. The van der Waals surface area contributed by atoms with Crippen molar-refractivity contribution < 1.29 is 4.39 Å². The van der Waals surface area contributed by atoms with Crippen LogP contribution in [-0.4, -0.2) is 43.2 Å². The third-order valence-corrected chi connectivity index (χ3v) is 4.84. The van der Waals surface area contributed by atoms with Crippen LogP contribution in [0.3, 0.4) is 0 Å². The summed E-state index contributed by atoms with van der Waals surface area (Å²) < 4.78 is 13.0. The zero-order valence-electron chi connectivity index (χ0n) is 12.6. The Bertz CT molecular complexity index is 398. The van der Waals surface area contributed by atoms with E-state index in [0.717, 1.165) is 51.3 Å². The summed E-state index contributed by atoms with van der Waals surface area (Å²) in [6.45, 7) is 9.18. The van der Waals surface area contributed by atoms with Crippen LogP contribution in [-0.2, 0) is 0 Å². The smallest absolute Gasteiger partial charge is 0.123 e. The molecule has 20 heavy (non-hydrogen) atoms. The Morgan fingerprint density at radius 2 is 1.60 bits per heavy atom. The maximum atomic E-state index is 13.0. The van der Waals surface area contributed by atoms with Gasteiger partial charge in [-0.3, -0.25) is 4.90 Å². The van der Waals surface area contributed by atoms with E-state index in [2.05, 4.69) is 23.6 Å². The summed E-state index contributed by atoms with van der Waals surface area (Å²) in [6, 6.07) is 6.79. The van der Waals surface area contributed by atoms with E-state index in [4.69, 9.17) is 5.73 Å². The second-order valence-electron chi connectivity index (χ2n) is 5.59. The summed E-state index contributed by atoms with van der Waals surface area (Å²) in [5, 5.41) is 0. The molecule has 4 heteroatoms. The van der Waals surface area contributed by atoms with Gasteiger partial charge in [0, 0.05) is 44.0 Å². The molecule has 1 aliphatic heterocycles. The molecule has 1 saturated heterocycles. The van der Waals surface area contributed by atoms with Crippen LogP contribution in [0.15, 0.2) is 24.3 Å². The zero-order valence-corrected chi connectivity index (χ0v) is 12.6. The van der Waals surface area contributed by atoms with Gasteiger partial charge in [0.05, 0.1) is 0 Å². The highest BCUT2D eigenvalue weighted by molar-refractivity contribution is 5.46. The first-order chi connectivity index (χ1) is 9.65. The van der Waals surface area contributed by atoms with Gasteiger partial charge in [0.1, 0.15) is 5.82 Å². The molecule has 3 nitrogen and oxygen atoms in total. The second kappa shape index (κ2) is 6.55. The van der Waals surface area contributed by atoms with Gasteiger partial charge in [-0.1, -0.05) is 13.8 Å². The van der Waals surface area contributed by atoms with Crippen molar-refractivity contribution in [1.29, 1.82) is 0 Å². The lowest BCUT2D eigenvalue weighted by Gasteiger charge is -2.47. The van der Waals surface area contributed by atoms with E-state index in [0.29, 0.717) is 0 Å². The molecule has 0 radical (unpaired) electrons. The molecule has 2 N–H and O–H groups in total. The van der Waals surface area contributed by atoms with Crippen molar-refractivity contribution in [2.24, 2.45) is 5.73 Å². The molecule has 0 atom stereocenters. The molecular weight excluding hydrogens is 253 g/mol. The molecule has 2 rings (SSSR count). The van der Waals surface area contributed by atoms with Crippen molar-refractivity contribution in [1.82, 2.24) is 4.90 Å². The Labute approximate surface area is 121 Å². The van der Waals surface area contributed by atoms with Crippen molar-refractivity contribution in [3.8, 4) is 0 Å². The molecule has 0 spiro atoms. The van der Waals surface area contributed by atoms with Gasteiger partial charge in [-0.25, -0.2) is 4.39 Å². The summed E-state index contributed by atoms with van der Waals surface area (Å²) in [6.07, 6.45) is 2.19. The second-order valence-corrected chi connectivity index (χ2v) is 5.59. The molecule has 0 saturated carbocycles. The molecule has 0 amide bonds. The third kappa shape index (κ3) is 2.96. The maximum Gasteiger partial charge on any atom is 0.123 e. The standard InChI is InChI=1S/C16H26FN3/c1-3-16(4-2,13-18)20-11-9-19(10-12-20)15-7-5-14(17)6-8-15/h5-8H,3-4,9-13,18H2,1-2H3. The van der Waals surface area contributed by atoms with Crippen LogP contribution in [0.2, 0.25) is 0 Å². The Balaban J connectivity index is 2.00. The Kier molecular flexibility index (Phi) is 5.00. The van der Waals surface area contributed by atoms with Gasteiger partial charge in [0.15, 0.2) is 0 Å². The first kappa shape index (κ1) is 15.3. The Hall–Kier alpha value is -1.13. The number of anilines is 1. The van der Waals surface area contributed by atoms with Crippen molar-refractivity contribution in [3.05, 3.63) is 30.1 Å². The molecule has 0 bridgehead atoms. The topological polar surface area (TPSA) is 32.5 Å². The highest BCUT2D eigenvalue weighted by Gasteiger charge is 2.34. The number of rotatable bonds is 5. The number of nitrogens with zero attached hydrogens (tertiary/aromatic N) is 2. The molecule has 112 valence electrons. The summed E-state index contributed by atoms with van der Waals surface area (Å²) >= 11 is 0. The quantitative estimate of drug-likeness (QED) is 0.898. The van der Waals surface area contributed by atoms with E-state index in [1.54, 1.807) is 0 Å². The van der Waals surface area contributed by atoms with E-state index >= 15 is 0 Å². The first-order valence-electron chi connectivity index (χ1n) is 7.61. The van der Waals surface area contributed by atoms with Crippen molar-refractivity contribution >= 4 is 5.69 Å². The van der Waals surface area contributed by atoms with E-state index in [-0.39, 0.29) is 11.4 Å². The van der Waals surface area contributed by atoms with Gasteiger partial charge in [0.25, 0.3) is 0 Å². The molecule has 1 aliphatic rings. The van der Waals surface area contributed by atoms with Gasteiger partial charge in [0.2, 0.25) is 0 Å². The highest BCUT2D eigenvalue weighted by atomic mass is 19.1. The molecular formula is C16H26FN3. The van der Waals surface area contributed by atoms with Gasteiger partial charge in [-0.15, -0.1) is 0 Å². The zero-order chi connectivity index (χ0) is 14.6. The molecule has 1 aromatic carbocycles. The third-order valence-electron chi connectivity index (χ3n) is 4.84. The summed E-state index contributed by atoms with van der Waals surface area (Å²) in [5.41, 5.74) is 7.28. The molecule has 1 aromatic rings. The molecule has 1 fully saturated rings. The lowest BCUT2D eigenvalue weighted by molar-refractivity contribution is 0.0786. The first-order valence-corrected chi connectivity index (χ1v) is 7.61. The van der Waals surface area contributed by atoms with Crippen molar-refractivity contribution in [3.63, 3.8) is 0 Å². The molecule has 0 aromatic heterocycles. The number of halogens is 1. The number of benzene rings is 1. The average Bonchev–Trinajstić information content (AvgIpc) is 2.51. The molecule has 0 aliphatic carbocycles. The number of hydrogen-bond donors (Lipinski definition) is 1. The highest BCUT2D eigenvalue weighted by Crippen LogP contribution is 2.26. The number of nitrogens with two attached hydrogens (primary N) is 1. The number of hydrogen-bond acceptors (Lipinski definition) is 3. The van der Waals surface area contributed by atoms with E-state index < -0.39 is 0 Å². The van der Waals surface area contributed by atoms with Crippen LogP contribution < -0.4 is 10.6 Å². The summed E-state index contributed by atoms with van der Waals surface area (Å²) in [4.78, 5) is 4.86. The normalized spacial score (nSPS) is 17.5. The van der Waals surface area contributed by atoms with Crippen LogP contribution in [0.25, 0.3) is 0 Å². The largest absolute Gasteiger partial charge is 0.369 e. The number of piperazine rings is 1. The average molecular weight is 279 g/mol. The van der Waals surface area contributed by atoms with Crippen LogP contribution in [0.5, 0.6) is 0 Å². The summed E-state index contributed by atoms with van der Waals surface area (Å²) in [7, 11) is 0. The fourth-order valence-corrected chi connectivity index (χ4v) is 3.21. The predicted octanol–water partition coefficient (Wildman–Crippen LogP) is 2.47. The van der Waals surface area contributed by atoms with Gasteiger partial charge in [-0.2, -0.15) is 0 Å². The van der Waals surface area contributed by atoms with Crippen molar-refractivity contribution in [2.75, 3.05) is 37.6 Å². The van der Waals surface area contributed by atoms with E-state index in [1.165, 1.54) is 12.1 Å². The van der Waals surface area contributed by atoms with Crippen molar-refractivity contribution in [2.45, 2.75) is 32.2 Å².